The first kappa shape index (κ1) is 17.7. The van der Waals surface area contributed by atoms with E-state index in [2.05, 4.69) is 16.2 Å². The summed E-state index contributed by atoms with van der Waals surface area (Å²) in [6.07, 6.45) is 6.23. The molecule has 0 radical (unpaired) electrons. The maximum atomic E-state index is 12.9. The minimum absolute atomic E-state index is 0.0486. The van der Waals surface area contributed by atoms with Crippen LogP contribution in [0.5, 0.6) is 0 Å². The van der Waals surface area contributed by atoms with Crippen molar-refractivity contribution in [2.24, 2.45) is 7.05 Å². The van der Waals surface area contributed by atoms with E-state index in [1.807, 2.05) is 53.9 Å². The van der Waals surface area contributed by atoms with Crippen molar-refractivity contribution in [1.29, 1.82) is 5.26 Å². The van der Waals surface area contributed by atoms with Gasteiger partial charge in [-0.15, -0.1) is 0 Å². The van der Waals surface area contributed by atoms with Gasteiger partial charge in [0.1, 0.15) is 17.4 Å². The van der Waals surface area contributed by atoms with Crippen molar-refractivity contribution in [1.82, 2.24) is 19.2 Å². The third-order valence-electron chi connectivity index (χ3n) is 4.88. The number of carbonyl (C=O) groups excluding carboxylic acids is 1. The Morgan fingerprint density at radius 2 is 1.96 bits per heavy atom. The van der Waals surface area contributed by atoms with E-state index in [1.54, 1.807) is 24.1 Å². The minimum atomic E-state index is -0.0486. The zero-order valence-electron chi connectivity index (χ0n) is 15.8. The topological polar surface area (TPSA) is 76.0 Å². The van der Waals surface area contributed by atoms with Gasteiger partial charge in [-0.3, -0.25) is 9.48 Å². The smallest absolute Gasteiger partial charge is 0.185 e. The van der Waals surface area contributed by atoms with Gasteiger partial charge in [-0.05, 0) is 18.1 Å². The normalized spacial score (nSPS) is 10.9. The number of Topliss-reactive ketones (excluding diaryl/α,β-unsaturated/α-hetero) is 1. The van der Waals surface area contributed by atoms with E-state index in [4.69, 9.17) is 0 Å². The Hall–Kier alpha value is -3.72. The molecular formula is C22H19N5O. The summed E-state index contributed by atoms with van der Waals surface area (Å²) in [6.45, 7) is 2.00. The number of fused-ring (bicyclic) bond motifs is 1. The average Bonchev–Trinajstić information content (AvgIpc) is 3.30. The molecule has 4 rings (SSSR count). The molecule has 0 atom stereocenters. The van der Waals surface area contributed by atoms with E-state index in [0.29, 0.717) is 22.5 Å². The van der Waals surface area contributed by atoms with Crippen LogP contribution in [0.25, 0.3) is 16.9 Å². The van der Waals surface area contributed by atoms with E-state index in [1.165, 1.54) is 0 Å². The molecule has 4 aromatic rings. The SMILES string of the molecule is CCc1cnn(C)c1C(=O)Cc1cc2nc(-c3ccccc3)cn2cc1C#N. The number of benzene rings is 1. The highest BCUT2D eigenvalue weighted by Crippen LogP contribution is 2.22. The van der Waals surface area contributed by atoms with E-state index in [9.17, 15) is 10.1 Å². The van der Waals surface area contributed by atoms with Crippen LogP contribution in [0.15, 0.2) is 55.0 Å². The summed E-state index contributed by atoms with van der Waals surface area (Å²) in [7, 11) is 1.77. The third kappa shape index (κ3) is 3.08. The van der Waals surface area contributed by atoms with Crippen molar-refractivity contribution in [2.45, 2.75) is 19.8 Å². The van der Waals surface area contributed by atoms with Gasteiger partial charge in [0, 0.05) is 37.0 Å². The molecule has 28 heavy (non-hydrogen) atoms. The highest BCUT2D eigenvalue weighted by molar-refractivity contribution is 5.97. The van der Waals surface area contributed by atoms with Crippen LogP contribution in [0.3, 0.4) is 0 Å². The molecular weight excluding hydrogens is 350 g/mol. The lowest BCUT2D eigenvalue weighted by molar-refractivity contribution is 0.0983. The summed E-state index contributed by atoms with van der Waals surface area (Å²) in [5, 5.41) is 13.8. The fourth-order valence-electron chi connectivity index (χ4n) is 3.43. The average molecular weight is 369 g/mol. The maximum Gasteiger partial charge on any atom is 0.185 e. The molecule has 1 aromatic carbocycles. The highest BCUT2D eigenvalue weighted by atomic mass is 16.1. The predicted molar refractivity (Wildman–Crippen MR) is 106 cm³/mol. The first-order valence-electron chi connectivity index (χ1n) is 9.12. The summed E-state index contributed by atoms with van der Waals surface area (Å²) in [4.78, 5) is 17.6. The molecule has 0 bridgehead atoms. The maximum absolute atomic E-state index is 12.9. The van der Waals surface area contributed by atoms with Gasteiger partial charge in [0.25, 0.3) is 0 Å². The van der Waals surface area contributed by atoms with Gasteiger partial charge in [0.2, 0.25) is 0 Å². The van der Waals surface area contributed by atoms with Crippen LogP contribution >= 0.6 is 0 Å². The van der Waals surface area contributed by atoms with Gasteiger partial charge in [-0.2, -0.15) is 10.4 Å². The number of pyridine rings is 1. The van der Waals surface area contributed by atoms with E-state index in [-0.39, 0.29) is 12.2 Å². The predicted octanol–water partition coefficient (Wildman–Crippen LogP) is 3.59. The first-order chi connectivity index (χ1) is 13.6. The van der Waals surface area contributed by atoms with Gasteiger partial charge in [-0.1, -0.05) is 37.3 Å². The number of rotatable bonds is 5. The number of aromatic nitrogens is 4. The Morgan fingerprint density at radius 3 is 2.68 bits per heavy atom. The first-order valence-corrected chi connectivity index (χ1v) is 9.12. The molecule has 0 aliphatic heterocycles. The van der Waals surface area contributed by atoms with Crippen LogP contribution in [0.4, 0.5) is 0 Å². The largest absolute Gasteiger partial charge is 0.305 e. The van der Waals surface area contributed by atoms with Crippen molar-refractivity contribution >= 4 is 11.4 Å². The molecule has 3 heterocycles. The standard InChI is InChI=1S/C22H19N5O/c1-3-15-12-24-26(2)22(15)20(28)9-17-10-21-25-19(16-7-5-4-6-8-16)14-27(21)13-18(17)11-23/h4-8,10,12-14H,3,9H2,1-2H3. The van der Waals surface area contributed by atoms with Crippen LogP contribution in [-0.2, 0) is 19.9 Å². The molecule has 0 aliphatic carbocycles. The van der Waals surface area contributed by atoms with Crippen molar-refractivity contribution in [3.63, 3.8) is 0 Å². The molecule has 0 unspecified atom stereocenters. The second-order valence-corrected chi connectivity index (χ2v) is 6.68. The zero-order chi connectivity index (χ0) is 19.7. The molecule has 138 valence electrons. The fraction of sp³-hybridized carbons (Fsp3) is 0.182. The monoisotopic (exact) mass is 369 g/mol. The summed E-state index contributed by atoms with van der Waals surface area (Å²) in [6, 6.07) is 13.9. The summed E-state index contributed by atoms with van der Waals surface area (Å²) in [5.41, 5.74) is 5.20. The Morgan fingerprint density at radius 1 is 1.18 bits per heavy atom. The lowest BCUT2D eigenvalue weighted by Gasteiger charge is -2.07. The third-order valence-corrected chi connectivity index (χ3v) is 4.88. The van der Waals surface area contributed by atoms with Crippen LogP contribution in [0, 0.1) is 11.3 Å². The zero-order valence-corrected chi connectivity index (χ0v) is 15.8. The summed E-state index contributed by atoms with van der Waals surface area (Å²) in [5.74, 6) is -0.0486. The number of imidazole rings is 1. The second kappa shape index (κ2) is 7.12. The number of nitriles is 1. The Labute approximate surface area is 162 Å². The number of hydrogen-bond acceptors (Lipinski definition) is 4. The minimum Gasteiger partial charge on any atom is -0.305 e. The van der Waals surface area contributed by atoms with Gasteiger partial charge in [0.15, 0.2) is 5.78 Å². The van der Waals surface area contributed by atoms with E-state index < -0.39 is 0 Å². The van der Waals surface area contributed by atoms with Gasteiger partial charge in [-0.25, -0.2) is 4.98 Å². The van der Waals surface area contributed by atoms with Gasteiger partial charge < -0.3 is 4.40 Å². The summed E-state index contributed by atoms with van der Waals surface area (Å²) < 4.78 is 3.44. The van der Waals surface area contributed by atoms with E-state index >= 15 is 0 Å². The Kier molecular flexibility index (Phi) is 4.50. The molecule has 0 N–H and O–H groups in total. The van der Waals surface area contributed by atoms with Crippen LogP contribution in [0.1, 0.15) is 34.1 Å². The van der Waals surface area contributed by atoms with Gasteiger partial charge in [0.05, 0.1) is 17.5 Å². The molecule has 3 aromatic heterocycles. The molecule has 0 aliphatic rings. The lowest BCUT2D eigenvalue weighted by Crippen LogP contribution is -2.13. The molecule has 6 nitrogen and oxygen atoms in total. The van der Waals surface area contributed by atoms with Crippen molar-refractivity contribution in [3.8, 4) is 17.3 Å². The second-order valence-electron chi connectivity index (χ2n) is 6.68. The van der Waals surface area contributed by atoms with Crippen molar-refractivity contribution in [3.05, 3.63) is 77.4 Å². The van der Waals surface area contributed by atoms with Crippen molar-refractivity contribution < 1.29 is 4.79 Å². The van der Waals surface area contributed by atoms with Crippen LogP contribution in [0.2, 0.25) is 0 Å². The Balaban J connectivity index is 1.73. The van der Waals surface area contributed by atoms with Crippen LogP contribution < -0.4 is 0 Å². The fourth-order valence-corrected chi connectivity index (χ4v) is 3.43. The van der Waals surface area contributed by atoms with Gasteiger partial charge >= 0.3 is 0 Å². The van der Waals surface area contributed by atoms with Crippen LogP contribution in [-0.4, -0.2) is 24.9 Å². The highest BCUT2D eigenvalue weighted by Gasteiger charge is 2.19. The lowest BCUT2D eigenvalue weighted by atomic mass is 10.0. The van der Waals surface area contributed by atoms with Crippen molar-refractivity contribution in [2.75, 3.05) is 0 Å². The quantitative estimate of drug-likeness (QED) is 0.504. The summed E-state index contributed by atoms with van der Waals surface area (Å²) >= 11 is 0. The van der Waals surface area contributed by atoms with E-state index in [0.717, 1.165) is 23.2 Å². The molecule has 0 saturated heterocycles. The molecule has 6 heteroatoms. The number of nitrogens with zero attached hydrogens (tertiary/aromatic N) is 5. The number of hydrogen-bond donors (Lipinski definition) is 0. The number of carbonyl (C=O) groups is 1. The molecule has 0 spiro atoms. The molecule has 0 fully saturated rings. The number of aryl methyl sites for hydroxylation is 2. The number of ketones is 1. The molecule has 0 amide bonds. The molecule has 0 saturated carbocycles. The Bertz CT molecular complexity index is 1210.